The maximum Gasteiger partial charge on any atom is 0.192 e. The number of aryl methyl sites for hydroxylation is 2. The largest absolute Gasteiger partial charge is 0.327 e. The number of aliphatic imine (C=N–C) groups is 1. The Morgan fingerprint density at radius 3 is 2.65 bits per heavy atom. The van der Waals surface area contributed by atoms with E-state index in [0.29, 0.717) is 42.4 Å². The van der Waals surface area contributed by atoms with E-state index in [9.17, 15) is 4.39 Å². The lowest BCUT2D eigenvalue weighted by molar-refractivity contribution is 0.0527. The molecule has 1 aliphatic carbocycles. The molecule has 0 saturated heterocycles. The molecule has 9 heteroatoms. The summed E-state index contributed by atoms with van der Waals surface area (Å²) in [6.45, 7) is 9.19. The van der Waals surface area contributed by atoms with Gasteiger partial charge >= 0.3 is 0 Å². The van der Waals surface area contributed by atoms with Crippen molar-refractivity contribution in [3.05, 3.63) is 41.3 Å². The van der Waals surface area contributed by atoms with Gasteiger partial charge in [0.1, 0.15) is 11.7 Å². The Morgan fingerprint density at radius 1 is 1.29 bits per heavy atom. The van der Waals surface area contributed by atoms with E-state index in [2.05, 4.69) is 26.8 Å². The second-order valence-electron chi connectivity index (χ2n) is 9.85. The van der Waals surface area contributed by atoms with Crippen molar-refractivity contribution < 1.29 is 8.91 Å². The molecule has 2 aromatic rings. The second-order valence-corrected chi connectivity index (χ2v) is 13.6. The third-order valence-corrected chi connectivity index (χ3v) is 11.2. The van der Waals surface area contributed by atoms with Crippen molar-refractivity contribution in [2.45, 2.75) is 66.0 Å². The zero-order valence-electron chi connectivity index (χ0n) is 20.5. The van der Waals surface area contributed by atoms with Gasteiger partial charge in [-0.2, -0.15) is 10.4 Å². The first kappa shape index (κ1) is 25.0. The van der Waals surface area contributed by atoms with E-state index in [0.717, 1.165) is 29.4 Å². The van der Waals surface area contributed by atoms with Crippen LogP contribution < -0.4 is 5.30 Å². The summed E-state index contributed by atoms with van der Waals surface area (Å²) in [6, 6.07) is 8.49. The van der Waals surface area contributed by atoms with E-state index >= 15 is 0 Å². The van der Waals surface area contributed by atoms with Gasteiger partial charge in [0.25, 0.3) is 0 Å². The van der Waals surface area contributed by atoms with Gasteiger partial charge in [0.2, 0.25) is 0 Å². The molecule has 1 fully saturated rings. The van der Waals surface area contributed by atoms with E-state index in [1.807, 2.05) is 18.6 Å². The summed E-state index contributed by atoms with van der Waals surface area (Å²) in [5, 5.41) is 14.7. The predicted octanol–water partition coefficient (Wildman–Crippen LogP) is 5.68. The van der Waals surface area contributed by atoms with Crippen LogP contribution in [0.3, 0.4) is 0 Å². The number of rotatable bonds is 6. The van der Waals surface area contributed by atoms with Crippen molar-refractivity contribution in [1.29, 1.82) is 5.26 Å². The van der Waals surface area contributed by atoms with Gasteiger partial charge in [-0.25, -0.2) is 14.1 Å². The summed E-state index contributed by atoms with van der Waals surface area (Å²) in [4.78, 5) is 4.95. The third-order valence-electron chi connectivity index (χ3n) is 7.04. The summed E-state index contributed by atoms with van der Waals surface area (Å²) in [5.74, 6) is 2.54. The van der Waals surface area contributed by atoms with Gasteiger partial charge in [0.15, 0.2) is 12.2 Å². The van der Waals surface area contributed by atoms with Crippen LogP contribution in [0.15, 0.2) is 29.3 Å². The standard InChI is InChI=1S/C25H33FN5OPS/c1-16(2)21-12-7-17(3)15-22(21)32-33(34)23-18(4)29-31(14-6-13-27)25(23)28-24(30(33)5)19-8-10-20(26)11-9-19/h8-11,16-17,21-22H,6-7,12,14-15H2,1-5H3. The number of fused-ring (bicyclic) bond motifs is 1. The van der Waals surface area contributed by atoms with Gasteiger partial charge in [-0.05, 0) is 73.6 Å². The molecule has 182 valence electrons. The molecule has 1 aliphatic heterocycles. The number of amidine groups is 1. The molecular weight excluding hydrogens is 468 g/mol. The molecule has 6 nitrogen and oxygen atoms in total. The maximum atomic E-state index is 13.7. The van der Waals surface area contributed by atoms with Gasteiger partial charge in [-0.15, -0.1) is 0 Å². The van der Waals surface area contributed by atoms with Crippen LogP contribution in [0, 0.1) is 41.8 Å². The highest BCUT2D eigenvalue weighted by atomic mass is 32.4. The first-order valence-corrected chi connectivity index (χ1v) is 14.6. The molecule has 2 heterocycles. The minimum Gasteiger partial charge on any atom is -0.327 e. The molecule has 1 aromatic heterocycles. The Kier molecular flexibility index (Phi) is 7.28. The van der Waals surface area contributed by atoms with E-state index in [1.54, 1.807) is 16.8 Å². The summed E-state index contributed by atoms with van der Waals surface area (Å²) >= 11 is 6.45. The summed E-state index contributed by atoms with van der Waals surface area (Å²) in [5.41, 5.74) is 1.57. The highest BCUT2D eigenvalue weighted by molar-refractivity contribution is 8.15. The smallest absolute Gasteiger partial charge is 0.192 e. The molecule has 4 atom stereocenters. The van der Waals surface area contributed by atoms with E-state index in [1.165, 1.54) is 18.6 Å². The molecular formula is C25H33FN5OPS. The number of nitrogens with zero attached hydrogens (tertiary/aromatic N) is 5. The highest BCUT2D eigenvalue weighted by Crippen LogP contribution is 2.58. The quantitative estimate of drug-likeness (QED) is 0.477. The Hall–Kier alpha value is -2.07. The molecule has 1 aromatic carbocycles. The van der Waals surface area contributed by atoms with Crippen LogP contribution in [0.4, 0.5) is 10.2 Å². The fourth-order valence-corrected chi connectivity index (χ4v) is 8.80. The fourth-order valence-electron chi connectivity index (χ4n) is 5.15. The molecule has 34 heavy (non-hydrogen) atoms. The predicted molar refractivity (Wildman–Crippen MR) is 138 cm³/mol. The highest BCUT2D eigenvalue weighted by Gasteiger charge is 2.44. The van der Waals surface area contributed by atoms with Crippen molar-refractivity contribution >= 4 is 35.2 Å². The maximum absolute atomic E-state index is 13.7. The second kappa shape index (κ2) is 9.89. The summed E-state index contributed by atoms with van der Waals surface area (Å²) in [6.07, 6.45) is 0.929. The van der Waals surface area contributed by atoms with Gasteiger partial charge in [0, 0.05) is 12.6 Å². The van der Waals surface area contributed by atoms with Gasteiger partial charge in [-0.1, -0.05) is 27.2 Å². The molecule has 4 rings (SSSR count). The lowest BCUT2D eigenvalue weighted by Crippen LogP contribution is -2.40. The lowest BCUT2D eigenvalue weighted by atomic mass is 9.75. The van der Waals surface area contributed by atoms with Crippen molar-refractivity contribution in [3.63, 3.8) is 0 Å². The molecule has 0 bridgehead atoms. The van der Waals surface area contributed by atoms with E-state index < -0.39 is 6.42 Å². The molecule has 0 N–H and O–H groups in total. The first-order chi connectivity index (χ1) is 16.2. The number of hydrogen-bond donors (Lipinski definition) is 0. The number of nitriles is 1. The van der Waals surface area contributed by atoms with Crippen molar-refractivity contribution in [3.8, 4) is 6.07 Å². The SMILES string of the molecule is Cc1nn(CCC#N)c2c1P(=S)(OC1CC(C)CCC1C(C)C)N(C)C(c1ccc(F)cc1)=N2. The average molecular weight is 502 g/mol. The zero-order valence-corrected chi connectivity index (χ0v) is 22.2. The molecule has 4 unspecified atom stereocenters. The molecule has 0 radical (unpaired) electrons. The molecule has 0 amide bonds. The fraction of sp³-hybridized carbons (Fsp3) is 0.560. The lowest BCUT2D eigenvalue weighted by Gasteiger charge is -2.44. The number of aromatic nitrogens is 2. The van der Waals surface area contributed by atoms with Crippen molar-refractivity contribution in [1.82, 2.24) is 14.5 Å². The van der Waals surface area contributed by atoms with Crippen LogP contribution in [-0.4, -0.2) is 33.4 Å². The van der Waals surface area contributed by atoms with Crippen LogP contribution in [-0.2, 0) is 22.9 Å². The third kappa shape index (κ3) is 4.58. The monoisotopic (exact) mass is 501 g/mol. The van der Waals surface area contributed by atoms with Gasteiger partial charge in [-0.3, -0.25) is 0 Å². The average Bonchev–Trinajstić information content (AvgIpc) is 3.11. The topological polar surface area (TPSA) is 66.4 Å². The molecule has 1 saturated carbocycles. The summed E-state index contributed by atoms with van der Waals surface area (Å²) < 4.78 is 24.5. The van der Waals surface area contributed by atoms with Crippen LogP contribution >= 0.6 is 6.42 Å². The van der Waals surface area contributed by atoms with Crippen LogP contribution in [0.5, 0.6) is 0 Å². The van der Waals surface area contributed by atoms with E-state index in [4.69, 9.17) is 31.7 Å². The minimum atomic E-state index is -2.77. The normalized spacial score (nSPS) is 26.8. The van der Waals surface area contributed by atoms with Crippen molar-refractivity contribution in [2.24, 2.45) is 22.7 Å². The van der Waals surface area contributed by atoms with Crippen LogP contribution in [0.1, 0.15) is 57.7 Å². The number of benzene rings is 1. The van der Waals surface area contributed by atoms with Crippen LogP contribution in [0.2, 0.25) is 0 Å². The zero-order chi connectivity index (χ0) is 24.6. The van der Waals surface area contributed by atoms with E-state index in [-0.39, 0.29) is 11.9 Å². The van der Waals surface area contributed by atoms with Gasteiger partial charge < -0.3 is 9.19 Å². The Labute approximate surface area is 207 Å². The Morgan fingerprint density at radius 2 is 2.00 bits per heavy atom. The Balaban J connectivity index is 1.84. The van der Waals surface area contributed by atoms with Crippen molar-refractivity contribution in [2.75, 3.05) is 7.05 Å². The molecule has 0 spiro atoms. The summed E-state index contributed by atoms with van der Waals surface area (Å²) in [7, 11) is 1.94. The number of halogens is 1. The molecule has 2 aliphatic rings. The van der Waals surface area contributed by atoms with Crippen LogP contribution in [0.25, 0.3) is 0 Å². The Bertz CT molecular complexity index is 1170. The number of hydrogen-bond acceptors (Lipinski definition) is 5. The minimum absolute atomic E-state index is 0.0549. The van der Waals surface area contributed by atoms with Gasteiger partial charge in [0.05, 0.1) is 36.1 Å². The first-order valence-electron chi connectivity index (χ1n) is 12.0.